The Morgan fingerprint density at radius 2 is 0.713 bits per heavy atom. The Morgan fingerprint density at radius 1 is 0.356 bits per heavy atom. The van der Waals surface area contributed by atoms with E-state index in [2.05, 4.69) is 42.5 Å². The highest BCUT2D eigenvalue weighted by molar-refractivity contribution is 8.17. The van der Waals surface area contributed by atoms with Crippen LogP contribution in [0.1, 0.15) is 86.5 Å². The maximum atomic E-state index is 12.4. The molecule has 1 fully saturated rings. The average Bonchev–Trinajstić information content (AvgIpc) is 2.61. The predicted octanol–water partition coefficient (Wildman–Crippen LogP) is 8.66. The van der Waals surface area contributed by atoms with Gasteiger partial charge in [0, 0.05) is 104 Å². The maximum Gasteiger partial charge on any atom is 0.234 e. The zero-order chi connectivity index (χ0) is 64.0. The van der Waals surface area contributed by atoms with Gasteiger partial charge in [-0.25, -0.2) is 0 Å². The molecule has 3 aromatic carbocycles. The molecular weight excluding hydrogens is 1270 g/mol. The summed E-state index contributed by atoms with van der Waals surface area (Å²) in [4.78, 5) is 145. The van der Waals surface area contributed by atoms with Gasteiger partial charge in [-0.3, -0.25) is 57.5 Å². The smallest absolute Gasteiger partial charge is 0.234 e. The summed E-state index contributed by atoms with van der Waals surface area (Å²) in [7, 11) is 0. The van der Waals surface area contributed by atoms with Gasteiger partial charge >= 0.3 is 0 Å². The minimum Gasteiger partial charge on any atom is -0.354 e. The average molecular weight is 1350 g/mol. The van der Waals surface area contributed by atoms with Crippen LogP contribution in [0.25, 0.3) is 0 Å². The van der Waals surface area contributed by atoms with Gasteiger partial charge in [0.2, 0.25) is 53.2 Å². The first-order valence-electron chi connectivity index (χ1n) is 27.7. The standard InChI is InChI=1S/3C15H18N2O3S2.C13H23N3O3S2/c1-9(2)15(20)10-3-11-5-12(4-10)17-14(19)7-22-8-21-6-13(18)16-11;1-9(2)15(20)11-5-10-3-4-12(11)17-14(19)7-22-8-21-6-13(18)16-10;1-9(2)15(20)10-3-4-11-12(5-10)17-14(19)7-22-8-21-6-13(18)16-11;1-10(2)13(19)16-5-3-14-11(17)7-20-9-21-8-12(18)15-4-6-16/h3*3-5,9H,6-8H2,1-2H3,(H,16,18)(H,17,19);10H,3-9H2,1-2H3,(H,14,17)(H,15,18). The molecular formula is C58H77N9O12S8. The number of benzene rings is 3. The highest BCUT2D eigenvalue weighted by atomic mass is 32.2. The van der Waals surface area contributed by atoms with E-state index in [-0.39, 0.29) is 94.2 Å². The topological polar surface area (TPSA) is 304 Å². The molecule has 4 bridgehead atoms. The number of hydrogen-bond donors (Lipinski definition) is 8. The predicted molar refractivity (Wildman–Crippen MR) is 365 cm³/mol. The van der Waals surface area contributed by atoms with Gasteiger partial charge in [0.1, 0.15) is 0 Å². The van der Waals surface area contributed by atoms with Gasteiger partial charge in [0.05, 0.1) is 63.1 Å². The van der Waals surface area contributed by atoms with E-state index in [1.54, 1.807) is 73.3 Å². The van der Waals surface area contributed by atoms with Gasteiger partial charge in [-0.05, 0) is 54.6 Å². The van der Waals surface area contributed by atoms with Crippen LogP contribution in [-0.2, 0) is 43.2 Å². The van der Waals surface area contributed by atoms with Crippen molar-refractivity contribution in [3.8, 4) is 0 Å². The lowest BCUT2D eigenvalue weighted by molar-refractivity contribution is -0.135. The van der Waals surface area contributed by atoms with E-state index in [9.17, 15) is 57.5 Å². The van der Waals surface area contributed by atoms with Crippen molar-refractivity contribution in [3.63, 3.8) is 0 Å². The van der Waals surface area contributed by atoms with E-state index >= 15 is 0 Å². The Kier molecular flexibility index (Phi) is 33.8. The van der Waals surface area contributed by atoms with Crippen LogP contribution in [0.15, 0.2) is 54.6 Å². The molecule has 8 N–H and O–H groups in total. The third kappa shape index (κ3) is 28.4. The first-order valence-corrected chi connectivity index (χ1v) is 36.9. The first kappa shape index (κ1) is 74.2. The number of rotatable bonds is 7. The number of thioether (sulfide) groups is 8. The minimum absolute atomic E-state index is 0.00243. The number of Topliss-reactive ketones (excluding diaryl/α,β-unsaturated/α-hetero) is 3. The Morgan fingerprint density at radius 3 is 1.13 bits per heavy atom. The van der Waals surface area contributed by atoms with Crippen LogP contribution in [0.2, 0.25) is 0 Å². The van der Waals surface area contributed by atoms with E-state index in [0.29, 0.717) is 138 Å². The van der Waals surface area contributed by atoms with E-state index in [0.717, 1.165) is 5.08 Å². The van der Waals surface area contributed by atoms with Crippen molar-refractivity contribution in [3.05, 3.63) is 71.3 Å². The van der Waals surface area contributed by atoms with Crippen LogP contribution in [-0.4, -0.2) is 168 Å². The maximum absolute atomic E-state index is 12.4. The molecule has 5 aliphatic rings. The van der Waals surface area contributed by atoms with Crippen molar-refractivity contribution in [1.29, 1.82) is 0 Å². The molecule has 1 saturated heterocycles. The van der Waals surface area contributed by atoms with Gasteiger partial charge in [-0.2, -0.15) is 0 Å². The molecule has 0 radical (unpaired) electrons. The first-order chi connectivity index (χ1) is 41.4. The molecule has 0 atom stereocenters. The molecule has 0 unspecified atom stereocenters. The van der Waals surface area contributed by atoms with Gasteiger partial charge in [-0.15, -0.1) is 94.1 Å². The largest absolute Gasteiger partial charge is 0.354 e. The molecule has 0 aromatic heterocycles. The Balaban J connectivity index is 0.000000248. The monoisotopic (exact) mass is 1350 g/mol. The number of anilines is 6. The molecule has 0 spiro atoms. The summed E-state index contributed by atoms with van der Waals surface area (Å²) in [5.41, 5.74) is 4.55. The van der Waals surface area contributed by atoms with Crippen LogP contribution in [0, 0.1) is 23.7 Å². The van der Waals surface area contributed by atoms with Gasteiger partial charge in [0.15, 0.2) is 17.3 Å². The lowest BCUT2D eigenvalue weighted by atomic mass is 9.98. The van der Waals surface area contributed by atoms with Crippen LogP contribution < -0.4 is 42.5 Å². The van der Waals surface area contributed by atoms with Crippen LogP contribution in [0.4, 0.5) is 34.1 Å². The van der Waals surface area contributed by atoms with Gasteiger partial charge in [-0.1, -0.05) is 55.4 Å². The van der Waals surface area contributed by atoms with Crippen molar-refractivity contribution in [2.24, 2.45) is 23.7 Å². The fraction of sp³-hybridized carbons (Fsp3) is 0.483. The molecule has 0 aliphatic carbocycles. The number of ketones is 3. The quantitative estimate of drug-likeness (QED) is 0.103. The second kappa shape index (κ2) is 39.7. The Labute approximate surface area is 542 Å². The highest BCUT2D eigenvalue weighted by Crippen LogP contribution is 2.29. The van der Waals surface area contributed by atoms with E-state index < -0.39 is 0 Å². The lowest BCUT2D eigenvalue weighted by Gasteiger charge is -2.25. The number of nitrogens with one attached hydrogen (secondary N) is 8. The van der Waals surface area contributed by atoms with E-state index in [1.807, 2.05) is 41.5 Å². The summed E-state index contributed by atoms with van der Waals surface area (Å²) in [6.45, 7) is 16.4. The normalized spacial score (nSPS) is 17.1. The van der Waals surface area contributed by atoms with Gasteiger partial charge < -0.3 is 47.4 Å². The van der Waals surface area contributed by atoms with Crippen LogP contribution >= 0.6 is 94.1 Å². The minimum atomic E-state index is -0.192. The molecule has 0 saturated carbocycles. The second-order valence-electron chi connectivity index (χ2n) is 20.6. The van der Waals surface area contributed by atoms with Crippen molar-refractivity contribution in [1.82, 2.24) is 15.5 Å². The SMILES string of the molecule is CC(C)C(=O)N1CCNC(=O)CSCSCC(=O)NCC1.CC(C)C(=O)c1cc2cc(c1)NC(=O)CSCSCC(=O)N2.CC(C)C(=O)c1cc2ccc1NC(=O)CSCSCC(=O)N2.CC(C)C(=O)c1ccc2c(c1)NC(=O)CSCSCC(=O)N2. The fourth-order valence-corrected chi connectivity index (χ4v) is 14.3. The zero-order valence-electron chi connectivity index (χ0n) is 49.9. The lowest BCUT2D eigenvalue weighted by Crippen LogP contribution is -2.44. The molecule has 8 rings (SSSR count). The van der Waals surface area contributed by atoms with Crippen molar-refractivity contribution >= 4 is 199 Å². The van der Waals surface area contributed by atoms with Crippen molar-refractivity contribution in [2.45, 2.75) is 55.4 Å². The summed E-state index contributed by atoms with van der Waals surface area (Å²) in [5.74, 6) is 1.28. The molecule has 87 heavy (non-hydrogen) atoms. The van der Waals surface area contributed by atoms with E-state index in [1.165, 1.54) is 94.1 Å². The van der Waals surface area contributed by atoms with Crippen molar-refractivity contribution in [2.75, 3.05) is 124 Å². The van der Waals surface area contributed by atoms with Gasteiger partial charge in [0.25, 0.3) is 0 Å². The fourth-order valence-electron chi connectivity index (χ4n) is 7.66. The zero-order valence-corrected chi connectivity index (χ0v) is 56.5. The second-order valence-corrected chi connectivity index (χ2v) is 30.0. The summed E-state index contributed by atoms with van der Waals surface area (Å²) in [6, 6.07) is 14.9. The molecule has 5 aliphatic heterocycles. The number of carbonyl (C=O) groups excluding carboxylic acids is 12. The number of nitrogens with zero attached hydrogens (tertiary/aromatic N) is 1. The van der Waals surface area contributed by atoms with Crippen LogP contribution in [0.5, 0.6) is 0 Å². The Hall–Kier alpha value is -5.30. The summed E-state index contributed by atoms with van der Waals surface area (Å²) < 4.78 is 0. The summed E-state index contributed by atoms with van der Waals surface area (Å²) >= 11 is 11.8. The summed E-state index contributed by atoms with van der Waals surface area (Å²) in [6.07, 6.45) is 0. The van der Waals surface area contributed by atoms with E-state index in [4.69, 9.17) is 0 Å². The highest BCUT2D eigenvalue weighted by Gasteiger charge is 2.22. The third-order valence-electron chi connectivity index (χ3n) is 11.8. The molecule has 474 valence electrons. The molecule has 21 nitrogen and oxygen atoms in total. The number of amides is 9. The van der Waals surface area contributed by atoms with Crippen LogP contribution in [0.3, 0.4) is 0 Å². The number of hydrogen-bond acceptors (Lipinski definition) is 20. The van der Waals surface area contributed by atoms with Crippen molar-refractivity contribution < 1.29 is 57.5 Å². The molecule has 9 amide bonds. The molecule has 3 aromatic rings. The third-order valence-corrected chi connectivity index (χ3v) is 20.9. The molecule has 29 heteroatoms. The number of fused-ring (bicyclic) bond motifs is 13. The molecule has 5 heterocycles. The number of carbonyl (C=O) groups is 12. The Bertz CT molecular complexity index is 2890. The summed E-state index contributed by atoms with van der Waals surface area (Å²) in [5, 5.41) is 25.1.